The molecule has 0 saturated heterocycles. The molecule has 0 aliphatic heterocycles. The lowest BCUT2D eigenvalue weighted by molar-refractivity contribution is 0.153. The van der Waals surface area contributed by atoms with E-state index in [2.05, 4.69) is 10.2 Å². The van der Waals surface area contributed by atoms with Gasteiger partial charge in [0.15, 0.2) is 5.65 Å². The van der Waals surface area contributed by atoms with E-state index in [1.54, 1.807) is 23.9 Å². The van der Waals surface area contributed by atoms with Crippen molar-refractivity contribution in [3.05, 3.63) is 64.1 Å². The standard InChI is InChI=1S/C21H20ClF2N5/c1-4-28-13(3)16(10-25-28)18-9-15(20(23)24)19-12(2)27-29(21(19)26-18)11-14-7-5-6-8-17(14)22/h5-10,20H,4,11H2,1-3H3. The van der Waals surface area contributed by atoms with Gasteiger partial charge in [0.05, 0.1) is 29.5 Å². The Bertz CT molecular complexity index is 1200. The highest BCUT2D eigenvalue weighted by atomic mass is 35.5. The first-order valence-corrected chi connectivity index (χ1v) is 9.70. The van der Waals surface area contributed by atoms with Gasteiger partial charge in [-0.1, -0.05) is 29.8 Å². The Morgan fingerprint density at radius 3 is 2.55 bits per heavy atom. The molecule has 4 aromatic rings. The maximum absolute atomic E-state index is 13.9. The van der Waals surface area contributed by atoms with Crippen LogP contribution in [0.2, 0.25) is 5.02 Å². The first-order valence-electron chi connectivity index (χ1n) is 9.33. The van der Waals surface area contributed by atoms with Crippen LogP contribution in [0.4, 0.5) is 8.78 Å². The van der Waals surface area contributed by atoms with E-state index in [4.69, 9.17) is 16.6 Å². The fourth-order valence-corrected chi connectivity index (χ4v) is 3.81. The Morgan fingerprint density at radius 1 is 1.14 bits per heavy atom. The van der Waals surface area contributed by atoms with Crippen molar-refractivity contribution in [1.29, 1.82) is 0 Å². The molecule has 0 radical (unpaired) electrons. The van der Waals surface area contributed by atoms with Crippen molar-refractivity contribution >= 4 is 22.6 Å². The highest BCUT2D eigenvalue weighted by Crippen LogP contribution is 2.34. The van der Waals surface area contributed by atoms with E-state index in [9.17, 15) is 8.78 Å². The van der Waals surface area contributed by atoms with Crippen LogP contribution in [0, 0.1) is 13.8 Å². The van der Waals surface area contributed by atoms with Gasteiger partial charge in [-0.15, -0.1) is 0 Å². The van der Waals surface area contributed by atoms with Crippen LogP contribution in [-0.4, -0.2) is 24.5 Å². The molecule has 0 amide bonds. The van der Waals surface area contributed by atoms with Crippen molar-refractivity contribution in [2.45, 2.75) is 40.3 Å². The van der Waals surface area contributed by atoms with Crippen LogP contribution in [0.15, 0.2) is 36.5 Å². The largest absolute Gasteiger partial charge is 0.269 e. The van der Waals surface area contributed by atoms with E-state index in [0.29, 0.717) is 40.5 Å². The molecule has 0 saturated carbocycles. The Morgan fingerprint density at radius 2 is 1.90 bits per heavy atom. The SMILES string of the molecule is CCn1ncc(-c2cc(C(F)F)c3c(C)nn(Cc4ccccc4Cl)c3n2)c1C. The quantitative estimate of drug-likeness (QED) is 0.428. The van der Waals surface area contributed by atoms with E-state index in [-0.39, 0.29) is 5.56 Å². The van der Waals surface area contributed by atoms with Crippen LogP contribution in [0.3, 0.4) is 0 Å². The molecular weight excluding hydrogens is 396 g/mol. The summed E-state index contributed by atoms with van der Waals surface area (Å²) in [7, 11) is 0. The third kappa shape index (κ3) is 3.40. The van der Waals surface area contributed by atoms with Gasteiger partial charge in [0.2, 0.25) is 0 Å². The molecule has 3 heterocycles. The van der Waals surface area contributed by atoms with Gasteiger partial charge in [-0.25, -0.2) is 18.4 Å². The summed E-state index contributed by atoms with van der Waals surface area (Å²) in [5.74, 6) is 0. The zero-order chi connectivity index (χ0) is 20.7. The number of aromatic nitrogens is 5. The smallest absolute Gasteiger partial charge is 0.264 e. The van der Waals surface area contributed by atoms with Crippen LogP contribution in [-0.2, 0) is 13.1 Å². The Balaban J connectivity index is 1.93. The van der Waals surface area contributed by atoms with E-state index in [0.717, 1.165) is 16.8 Å². The average Bonchev–Trinajstić information content (AvgIpc) is 3.22. The monoisotopic (exact) mass is 415 g/mol. The molecule has 4 rings (SSSR count). The molecule has 29 heavy (non-hydrogen) atoms. The first kappa shape index (κ1) is 19.5. The van der Waals surface area contributed by atoms with Gasteiger partial charge < -0.3 is 0 Å². The molecule has 150 valence electrons. The molecule has 0 N–H and O–H groups in total. The van der Waals surface area contributed by atoms with Crippen molar-refractivity contribution in [3.63, 3.8) is 0 Å². The normalized spacial score (nSPS) is 11.7. The number of alkyl halides is 2. The maximum atomic E-state index is 13.9. The summed E-state index contributed by atoms with van der Waals surface area (Å²) in [4.78, 5) is 4.71. The van der Waals surface area contributed by atoms with Crippen LogP contribution < -0.4 is 0 Å². The summed E-state index contributed by atoms with van der Waals surface area (Å²) >= 11 is 6.29. The van der Waals surface area contributed by atoms with Crippen molar-refractivity contribution in [2.24, 2.45) is 0 Å². The minimum Gasteiger partial charge on any atom is -0.269 e. The zero-order valence-electron chi connectivity index (χ0n) is 16.3. The lowest BCUT2D eigenvalue weighted by atomic mass is 10.1. The molecule has 0 spiro atoms. The van der Waals surface area contributed by atoms with Crippen LogP contribution in [0.1, 0.15) is 35.9 Å². The summed E-state index contributed by atoms with van der Waals surface area (Å²) in [5.41, 5.74) is 3.79. The molecule has 0 aliphatic rings. The number of aryl methyl sites for hydroxylation is 2. The van der Waals surface area contributed by atoms with Gasteiger partial charge in [-0.3, -0.25) is 4.68 Å². The molecule has 3 aromatic heterocycles. The number of hydrogen-bond donors (Lipinski definition) is 0. The Hall–Kier alpha value is -2.80. The van der Waals surface area contributed by atoms with Gasteiger partial charge in [-0.2, -0.15) is 10.2 Å². The molecule has 0 aliphatic carbocycles. The predicted octanol–water partition coefficient (Wildman–Crippen LogP) is 5.57. The molecule has 8 heteroatoms. The van der Waals surface area contributed by atoms with E-state index in [1.165, 1.54) is 6.07 Å². The van der Waals surface area contributed by atoms with Crippen molar-refractivity contribution < 1.29 is 8.78 Å². The zero-order valence-corrected chi connectivity index (χ0v) is 17.1. The van der Waals surface area contributed by atoms with Crippen molar-refractivity contribution in [2.75, 3.05) is 0 Å². The fourth-order valence-electron chi connectivity index (χ4n) is 3.61. The fraction of sp³-hybridized carbons (Fsp3) is 0.286. The summed E-state index contributed by atoms with van der Waals surface area (Å²) in [6, 6.07) is 8.86. The molecule has 0 atom stereocenters. The topological polar surface area (TPSA) is 48.5 Å². The van der Waals surface area contributed by atoms with Gasteiger partial charge in [0, 0.05) is 28.4 Å². The maximum Gasteiger partial charge on any atom is 0.264 e. The molecule has 0 bridgehead atoms. The molecule has 0 unspecified atom stereocenters. The summed E-state index contributed by atoms with van der Waals surface area (Å²) in [6.45, 7) is 6.65. The van der Waals surface area contributed by atoms with E-state index in [1.807, 2.05) is 36.7 Å². The first-order chi connectivity index (χ1) is 13.9. The predicted molar refractivity (Wildman–Crippen MR) is 109 cm³/mol. The number of nitrogens with zero attached hydrogens (tertiary/aromatic N) is 5. The molecular formula is C21H20ClF2N5. The summed E-state index contributed by atoms with van der Waals surface area (Å²) < 4.78 is 31.3. The second kappa shape index (κ2) is 7.55. The number of rotatable bonds is 5. The van der Waals surface area contributed by atoms with Crippen molar-refractivity contribution in [3.8, 4) is 11.3 Å². The van der Waals surface area contributed by atoms with Crippen LogP contribution >= 0.6 is 11.6 Å². The van der Waals surface area contributed by atoms with E-state index >= 15 is 0 Å². The highest BCUT2D eigenvalue weighted by Gasteiger charge is 2.22. The number of pyridine rings is 1. The van der Waals surface area contributed by atoms with Gasteiger partial charge in [0.1, 0.15) is 0 Å². The van der Waals surface area contributed by atoms with Gasteiger partial charge >= 0.3 is 0 Å². The van der Waals surface area contributed by atoms with E-state index < -0.39 is 6.43 Å². The van der Waals surface area contributed by atoms with Gasteiger partial charge in [0.25, 0.3) is 6.43 Å². The van der Waals surface area contributed by atoms with Crippen LogP contribution in [0.5, 0.6) is 0 Å². The Kier molecular flexibility index (Phi) is 5.08. The number of hydrogen-bond acceptors (Lipinski definition) is 3. The lowest BCUT2D eigenvalue weighted by Crippen LogP contribution is -2.04. The number of fused-ring (bicyclic) bond motifs is 1. The molecule has 0 fully saturated rings. The average molecular weight is 416 g/mol. The minimum atomic E-state index is -2.64. The molecule has 5 nitrogen and oxygen atoms in total. The number of benzene rings is 1. The highest BCUT2D eigenvalue weighted by molar-refractivity contribution is 6.31. The number of halogens is 3. The van der Waals surface area contributed by atoms with Gasteiger partial charge in [-0.05, 0) is 38.5 Å². The van der Waals surface area contributed by atoms with Crippen molar-refractivity contribution in [1.82, 2.24) is 24.5 Å². The third-order valence-electron chi connectivity index (χ3n) is 5.10. The van der Waals surface area contributed by atoms with Crippen LogP contribution in [0.25, 0.3) is 22.3 Å². The second-order valence-corrected chi connectivity index (χ2v) is 7.30. The third-order valence-corrected chi connectivity index (χ3v) is 5.47. The second-order valence-electron chi connectivity index (χ2n) is 6.89. The Labute approximate surface area is 171 Å². The molecule has 1 aromatic carbocycles. The minimum absolute atomic E-state index is 0.0726. The summed E-state index contributed by atoms with van der Waals surface area (Å²) in [5, 5.41) is 9.79. The summed E-state index contributed by atoms with van der Waals surface area (Å²) in [6.07, 6.45) is -0.971. The lowest BCUT2D eigenvalue weighted by Gasteiger charge is -2.09.